The minimum Gasteiger partial charge on any atom is -0.356 e. The average Bonchev–Trinajstić information content (AvgIpc) is 2.30. The van der Waals surface area contributed by atoms with Crippen LogP contribution in [-0.2, 0) is 4.79 Å². The van der Waals surface area contributed by atoms with Crippen LogP contribution < -0.4 is 10.6 Å². The molecule has 0 radical (unpaired) electrons. The predicted octanol–water partition coefficient (Wildman–Crippen LogP) is 0.892. The Morgan fingerprint density at radius 2 is 2.44 bits per heavy atom. The predicted molar refractivity (Wildman–Crippen MR) is 66.2 cm³/mol. The summed E-state index contributed by atoms with van der Waals surface area (Å²) in [4.78, 5) is 11.5. The lowest BCUT2D eigenvalue weighted by Gasteiger charge is -2.22. The lowest BCUT2D eigenvalue weighted by atomic mass is 10.2. The molecule has 0 saturated carbocycles. The maximum absolute atomic E-state index is 11.5. The highest BCUT2D eigenvalue weighted by Gasteiger charge is 2.15. The Labute approximate surface area is 101 Å². The number of carbonyl (C=O) groups is 1. The zero-order valence-electron chi connectivity index (χ0n) is 9.50. The Kier molecular flexibility index (Phi) is 7.02. The van der Waals surface area contributed by atoms with E-state index in [-0.39, 0.29) is 5.91 Å². The summed E-state index contributed by atoms with van der Waals surface area (Å²) in [7, 11) is 0. The van der Waals surface area contributed by atoms with Crippen molar-refractivity contribution >= 4 is 17.7 Å². The molecule has 5 heteroatoms. The van der Waals surface area contributed by atoms with E-state index in [1.165, 1.54) is 0 Å². The third kappa shape index (κ3) is 5.99. The number of carbonyl (C=O) groups excluding carboxylic acids is 1. The topological polar surface area (TPSA) is 64.9 Å². The van der Waals surface area contributed by atoms with Gasteiger partial charge in [-0.25, -0.2) is 0 Å². The lowest BCUT2D eigenvalue weighted by Crippen LogP contribution is -2.41. The van der Waals surface area contributed by atoms with Crippen molar-refractivity contribution in [2.45, 2.75) is 31.7 Å². The van der Waals surface area contributed by atoms with Crippen molar-refractivity contribution in [3.8, 4) is 6.07 Å². The zero-order chi connectivity index (χ0) is 11.6. The van der Waals surface area contributed by atoms with Crippen molar-refractivity contribution in [3.63, 3.8) is 0 Å². The highest BCUT2D eigenvalue weighted by Crippen LogP contribution is 2.09. The van der Waals surface area contributed by atoms with Crippen LogP contribution in [0.4, 0.5) is 0 Å². The Morgan fingerprint density at radius 1 is 1.56 bits per heavy atom. The second-order valence-corrected chi connectivity index (χ2v) is 5.05. The van der Waals surface area contributed by atoms with E-state index in [9.17, 15) is 4.79 Å². The van der Waals surface area contributed by atoms with E-state index in [0.717, 1.165) is 30.9 Å². The van der Waals surface area contributed by atoms with Gasteiger partial charge in [0.15, 0.2) is 0 Å². The molecule has 0 aromatic carbocycles. The van der Waals surface area contributed by atoms with Gasteiger partial charge in [-0.3, -0.25) is 4.79 Å². The molecule has 1 atom stereocenters. The summed E-state index contributed by atoms with van der Waals surface area (Å²) in [6.07, 6.45) is 2.92. The van der Waals surface area contributed by atoms with Gasteiger partial charge in [-0.1, -0.05) is 0 Å². The summed E-state index contributed by atoms with van der Waals surface area (Å²) in [5, 5.41) is 14.6. The number of unbranched alkanes of at least 4 members (excludes halogenated alkanes) is 2. The first-order chi connectivity index (χ1) is 7.83. The van der Waals surface area contributed by atoms with Gasteiger partial charge in [-0.05, 0) is 12.8 Å². The van der Waals surface area contributed by atoms with Crippen molar-refractivity contribution < 1.29 is 4.79 Å². The molecular weight excluding hydrogens is 222 g/mol. The fourth-order valence-corrected chi connectivity index (χ4v) is 2.55. The molecule has 1 amide bonds. The summed E-state index contributed by atoms with van der Waals surface area (Å²) >= 11 is 1.90. The third-order valence-corrected chi connectivity index (χ3v) is 3.60. The van der Waals surface area contributed by atoms with Crippen LogP contribution in [0.1, 0.15) is 25.7 Å². The molecule has 0 spiro atoms. The van der Waals surface area contributed by atoms with Gasteiger partial charge in [0, 0.05) is 43.5 Å². The van der Waals surface area contributed by atoms with Crippen LogP contribution in [0, 0.1) is 11.3 Å². The van der Waals surface area contributed by atoms with E-state index in [4.69, 9.17) is 5.26 Å². The molecule has 1 fully saturated rings. The molecule has 0 aromatic heterocycles. The molecule has 1 unspecified atom stereocenters. The summed E-state index contributed by atoms with van der Waals surface area (Å²) in [5.41, 5.74) is 0. The zero-order valence-corrected chi connectivity index (χ0v) is 10.3. The molecule has 16 heavy (non-hydrogen) atoms. The maximum atomic E-state index is 11.5. The molecular formula is C11H19N3OS. The van der Waals surface area contributed by atoms with Crippen LogP contribution in [0.5, 0.6) is 0 Å². The molecule has 0 bridgehead atoms. The molecule has 90 valence electrons. The maximum Gasteiger partial charge on any atom is 0.221 e. The number of hydrogen-bond acceptors (Lipinski definition) is 4. The Morgan fingerprint density at radius 3 is 3.12 bits per heavy atom. The largest absolute Gasteiger partial charge is 0.356 e. The van der Waals surface area contributed by atoms with Crippen molar-refractivity contribution in [2.24, 2.45) is 0 Å². The molecule has 2 N–H and O–H groups in total. The van der Waals surface area contributed by atoms with Crippen molar-refractivity contribution in [1.29, 1.82) is 5.26 Å². The number of nitriles is 1. The normalized spacial score (nSPS) is 20.1. The fraction of sp³-hybridized carbons (Fsp3) is 0.818. The van der Waals surface area contributed by atoms with Crippen molar-refractivity contribution in [2.75, 3.05) is 24.6 Å². The highest BCUT2D eigenvalue weighted by molar-refractivity contribution is 7.99. The van der Waals surface area contributed by atoms with Gasteiger partial charge in [-0.2, -0.15) is 17.0 Å². The van der Waals surface area contributed by atoms with Gasteiger partial charge < -0.3 is 10.6 Å². The van der Waals surface area contributed by atoms with E-state index in [0.29, 0.717) is 25.4 Å². The fourth-order valence-electron chi connectivity index (χ4n) is 1.60. The monoisotopic (exact) mass is 241 g/mol. The van der Waals surface area contributed by atoms with Crippen LogP contribution in [-0.4, -0.2) is 36.5 Å². The molecule has 1 heterocycles. The summed E-state index contributed by atoms with van der Waals surface area (Å²) in [6, 6.07) is 2.43. The second-order valence-electron chi connectivity index (χ2n) is 3.90. The van der Waals surface area contributed by atoms with Crippen LogP contribution in [0.3, 0.4) is 0 Å². The van der Waals surface area contributed by atoms with E-state index >= 15 is 0 Å². The van der Waals surface area contributed by atoms with Crippen molar-refractivity contribution in [1.82, 2.24) is 10.6 Å². The van der Waals surface area contributed by atoms with Crippen LogP contribution in [0.2, 0.25) is 0 Å². The SMILES string of the molecule is N#CCCCCNC(=O)CC1CSCCN1. The standard InChI is InChI=1S/C11H19N3OS/c12-4-2-1-3-5-14-11(15)8-10-9-16-7-6-13-10/h10,13H,1-3,5-9H2,(H,14,15). The van der Waals surface area contributed by atoms with E-state index in [2.05, 4.69) is 16.7 Å². The van der Waals surface area contributed by atoms with E-state index in [1.807, 2.05) is 11.8 Å². The van der Waals surface area contributed by atoms with Crippen LogP contribution in [0.15, 0.2) is 0 Å². The first kappa shape index (κ1) is 13.3. The van der Waals surface area contributed by atoms with Gasteiger partial charge >= 0.3 is 0 Å². The molecule has 0 aliphatic carbocycles. The first-order valence-electron chi connectivity index (χ1n) is 5.77. The molecule has 0 aromatic rings. The Bertz CT molecular complexity index is 246. The molecule has 1 rings (SSSR count). The van der Waals surface area contributed by atoms with E-state index < -0.39 is 0 Å². The highest BCUT2D eigenvalue weighted by atomic mass is 32.2. The van der Waals surface area contributed by atoms with Gasteiger partial charge in [0.1, 0.15) is 0 Å². The first-order valence-corrected chi connectivity index (χ1v) is 6.93. The summed E-state index contributed by atoms with van der Waals surface area (Å²) < 4.78 is 0. The third-order valence-electron chi connectivity index (χ3n) is 2.47. The van der Waals surface area contributed by atoms with Gasteiger partial charge in [0.2, 0.25) is 5.91 Å². The molecule has 1 aliphatic heterocycles. The molecule has 1 aliphatic rings. The minimum atomic E-state index is 0.122. The summed E-state index contributed by atoms with van der Waals surface area (Å²) in [6.45, 7) is 1.70. The minimum absolute atomic E-state index is 0.122. The van der Waals surface area contributed by atoms with Gasteiger partial charge in [-0.15, -0.1) is 0 Å². The van der Waals surface area contributed by atoms with Crippen LogP contribution >= 0.6 is 11.8 Å². The number of thioether (sulfide) groups is 1. The molecule has 4 nitrogen and oxygen atoms in total. The lowest BCUT2D eigenvalue weighted by molar-refractivity contribution is -0.121. The number of nitrogens with one attached hydrogen (secondary N) is 2. The Hall–Kier alpha value is -0.730. The second kappa shape index (κ2) is 8.43. The smallest absolute Gasteiger partial charge is 0.221 e. The van der Waals surface area contributed by atoms with E-state index in [1.54, 1.807) is 0 Å². The quantitative estimate of drug-likeness (QED) is 0.678. The van der Waals surface area contributed by atoms with Gasteiger partial charge in [0.05, 0.1) is 6.07 Å². The number of rotatable bonds is 6. The average molecular weight is 241 g/mol. The van der Waals surface area contributed by atoms with Crippen LogP contribution in [0.25, 0.3) is 0 Å². The van der Waals surface area contributed by atoms with Crippen molar-refractivity contribution in [3.05, 3.63) is 0 Å². The Balaban J connectivity index is 1.99. The molecule has 1 saturated heterocycles. The number of hydrogen-bond donors (Lipinski definition) is 2. The number of nitrogens with zero attached hydrogens (tertiary/aromatic N) is 1. The van der Waals surface area contributed by atoms with Gasteiger partial charge in [0.25, 0.3) is 0 Å². The summed E-state index contributed by atoms with van der Waals surface area (Å²) in [5.74, 6) is 2.30. The number of amides is 1.